The summed E-state index contributed by atoms with van der Waals surface area (Å²) in [7, 11) is 0. The normalized spacial score (nSPS) is 12.5. The highest BCUT2D eigenvalue weighted by molar-refractivity contribution is 7.09. The molecule has 0 aliphatic carbocycles. The maximum atomic E-state index is 6.07. The SMILES string of the molecule is CCCNC(CCc1cccs1)Cc1cccc(Cl)c1. The Kier molecular flexibility index (Phi) is 6.58. The molecule has 20 heavy (non-hydrogen) atoms. The van der Waals surface area contributed by atoms with E-state index >= 15 is 0 Å². The van der Waals surface area contributed by atoms with E-state index in [1.54, 1.807) is 0 Å². The first kappa shape index (κ1) is 15.6. The van der Waals surface area contributed by atoms with E-state index in [0.29, 0.717) is 6.04 Å². The second-order valence-electron chi connectivity index (χ2n) is 5.10. The molecule has 1 unspecified atom stereocenters. The molecular formula is C17H22ClNS. The predicted octanol–water partition coefficient (Wildman–Crippen LogP) is 4.95. The van der Waals surface area contributed by atoms with Crippen molar-refractivity contribution in [2.24, 2.45) is 0 Å². The van der Waals surface area contributed by atoms with Gasteiger partial charge in [0.05, 0.1) is 0 Å². The first-order chi connectivity index (χ1) is 9.78. The van der Waals surface area contributed by atoms with Crippen LogP contribution in [0, 0.1) is 0 Å². The number of benzene rings is 1. The van der Waals surface area contributed by atoms with Crippen LogP contribution in [0.3, 0.4) is 0 Å². The number of rotatable bonds is 8. The highest BCUT2D eigenvalue weighted by atomic mass is 35.5. The van der Waals surface area contributed by atoms with Crippen molar-refractivity contribution in [3.05, 3.63) is 57.2 Å². The lowest BCUT2D eigenvalue weighted by Gasteiger charge is -2.18. The molecule has 0 saturated carbocycles. The number of thiophene rings is 1. The molecule has 0 radical (unpaired) electrons. The van der Waals surface area contributed by atoms with Gasteiger partial charge in [-0.05, 0) is 61.4 Å². The van der Waals surface area contributed by atoms with Gasteiger partial charge in [0.25, 0.3) is 0 Å². The Bertz CT molecular complexity index is 495. The molecule has 0 fully saturated rings. The zero-order chi connectivity index (χ0) is 14.2. The molecule has 1 nitrogen and oxygen atoms in total. The van der Waals surface area contributed by atoms with Crippen LogP contribution in [-0.2, 0) is 12.8 Å². The van der Waals surface area contributed by atoms with Gasteiger partial charge in [-0.1, -0.05) is 36.7 Å². The van der Waals surface area contributed by atoms with E-state index < -0.39 is 0 Å². The summed E-state index contributed by atoms with van der Waals surface area (Å²) >= 11 is 7.92. The molecule has 1 heterocycles. The van der Waals surface area contributed by atoms with Crippen LogP contribution in [0.2, 0.25) is 5.02 Å². The first-order valence-electron chi connectivity index (χ1n) is 7.28. The Labute approximate surface area is 131 Å². The molecule has 108 valence electrons. The predicted molar refractivity (Wildman–Crippen MR) is 89.9 cm³/mol. The maximum absolute atomic E-state index is 6.07. The average Bonchev–Trinajstić information content (AvgIpc) is 2.95. The van der Waals surface area contributed by atoms with Gasteiger partial charge in [-0.3, -0.25) is 0 Å². The molecule has 1 aromatic heterocycles. The zero-order valence-corrected chi connectivity index (χ0v) is 13.5. The lowest BCUT2D eigenvalue weighted by Crippen LogP contribution is -2.32. The summed E-state index contributed by atoms with van der Waals surface area (Å²) in [6, 6.07) is 13.1. The lowest BCUT2D eigenvalue weighted by atomic mass is 10.0. The van der Waals surface area contributed by atoms with Crippen molar-refractivity contribution >= 4 is 22.9 Å². The van der Waals surface area contributed by atoms with E-state index in [9.17, 15) is 0 Å². The van der Waals surface area contributed by atoms with E-state index in [1.165, 1.54) is 23.3 Å². The van der Waals surface area contributed by atoms with E-state index in [-0.39, 0.29) is 0 Å². The molecule has 0 spiro atoms. The quantitative estimate of drug-likeness (QED) is 0.728. The van der Waals surface area contributed by atoms with E-state index in [0.717, 1.165) is 24.4 Å². The minimum atomic E-state index is 0.524. The van der Waals surface area contributed by atoms with Crippen molar-refractivity contribution in [1.29, 1.82) is 0 Å². The van der Waals surface area contributed by atoms with Gasteiger partial charge in [0.1, 0.15) is 0 Å². The molecule has 1 atom stereocenters. The van der Waals surface area contributed by atoms with Crippen molar-refractivity contribution in [2.75, 3.05) is 6.54 Å². The van der Waals surface area contributed by atoms with Crippen molar-refractivity contribution in [3.63, 3.8) is 0 Å². The third-order valence-electron chi connectivity index (χ3n) is 3.37. The summed E-state index contributed by atoms with van der Waals surface area (Å²) < 4.78 is 0. The highest BCUT2D eigenvalue weighted by Gasteiger charge is 2.10. The Morgan fingerprint density at radius 3 is 2.85 bits per heavy atom. The molecule has 1 aromatic carbocycles. The second kappa shape index (κ2) is 8.46. The van der Waals surface area contributed by atoms with Crippen LogP contribution in [0.1, 0.15) is 30.2 Å². The third kappa shape index (κ3) is 5.28. The second-order valence-corrected chi connectivity index (χ2v) is 6.57. The van der Waals surface area contributed by atoms with Crippen LogP contribution in [0.15, 0.2) is 41.8 Å². The average molecular weight is 308 g/mol. The number of nitrogens with one attached hydrogen (secondary N) is 1. The summed E-state index contributed by atoms with van der Waals surface area (Å²) in [6.07, 6.45) is 4.55. The number of hydrogen-bond acceptors (Lipinski definition) is 2. The Morgan fingerprint density at radius 1 is 1.25 bits per heavy atom. The fourth-order valence-electron chi connectivity index (χ4n) is 2.34. The number of halogens is 1. The molecule has 2 aromatic rings. The molecular weight excluding hydrogens is 286 g/mol. The van der Waals surface area contributed by atoms with Crippen LogP contribution in [0.5, 0.6) is 0 Å². The van der Waals surface area contributed by atoms with Gasteiger partial charge in [0.15, 0.2) is 0 Å². The summed E-state index contributed by atoms with van der Waals surface area (Å²) in [5, 5.41) is 6.64. The van der Waals surface area contributed by atoms with Crippen molar-refractivity contribution in [2.45, 2.75) is 38.6 Å². The van der Waals surface area contributed by atoms with Crippen LogP contribution >= 0.6 is 22.9 Å². The molecule has 0 saturated heterocycles. The number of hydrogen-bond donors (Lipinski definition) is 1. The summed E-state index contributed by atoms with van der Waals surface area (Å²) in [6.45, 7) is 3.29. The van der Waals surface area contributed by atoms with Gasteiger partial charge in [-0.25, -0.2) is 0 Å². The van der Waals surface area contributed by atoms with E-state index in [1.807, 2.05) is 23.5 Å². The van der Waals surface area contributed by atoms with E-state index in [2.05, 4.69) is 41.9 Å². The molecule has 1 N–H and O–H groups in total. The first-order valence-corrected chi connectivity index (χ1v) is 8.54. The molecule has 2 rings (SSSR count). The topological polar surface area (TPSA) is 12.0 Å². The monoisotopic (exact) mass is 307 g/mol. The molecule has 0 aliphatic rings. The largest absolute Gasteiger partial charge is 0.314 e. The van der Waals surface area contributed by atoms with Crippen LogP contribution in [-0.4, -0.2) is 12.6 Å². The minimum absolute atomic E-state index is 0.524. The summed E-state index contributed by atoms with van der Waals surface area (Å²) in [5.74, 6) is 0. The fourth-order valence-corrected chi connectivity index (χ4v) is 3.28. The Balaban J connectivity index is 1.92. The summed E-state index contributed by atoms with van der Waals surface area (Å²) in [5.41, 5.74) is 1.32. The summed E-state index contributed by atoms with van der Waals surface area (Å²) in [4.78, 5) is 1.47. The Hall–Kier alpha value is -0.830. The van der Waals surface area contributed by atoms with Gasteiger partial charge in [0, 0.05) is 15.9 Å². The van der Waals surface area contributed by atoms with Crippen LogP contribution < -0.4 is 5.32 Å². The fraction of sp³-hybridized carbons (Fsp3) is 0.412. The molecule has 0 amide bonds. The molecule has 0 aliphatic heterocycles. The number of aryl methyl sites for hydroxylation is 1. The maximum Gasteiger partial charge on any atom is 0.0408 e. The molecule has 3 heteroatoms. The van der Waals surface area contributed by atoms with Crippen molar-refractivity contribution < 1.29 is 0 Å². The van der Waals surface area contributed by atoms with Crippen molar-refractivity contribution in [3.8, 4) is 0 Å². The van der Waals surface area contributed by atoms with Crippen molar-refractivity contribution in [1.82, 2.24) is 5.32 Å². The van der Waals surface area contributed by atoms with Gasteiger partial charge in [0.2, 0.25) is 0 Å². The highest BCUT2D eigenvalue weighted by Crippen LogP contribution is 2.16. The minimum Gasteiger partial charge on any atom is -0.314 e. The zero-order valence-electron chi connectivity index (χ0n) is 11.9. The van der Waals surface area contributed by atoms with Gasteiger partial charge in [-0.15, -0.1) is 11.3 Å². The van der Waals surface area contributed by atoms with E-state index in [4.69, 9.17) is 11.6 Å². The van der Waals surface area contributed by atoms with Gasteiger partial charge >= 0.3 is 0 Å². The van der Waals surface area contributed by atoms with Crippen LogP contribution in [0.25, 0.3) is 0 Å². The standard InChI is InChI=1S/C17H22ClNS/c1-2-10-19-16(8-9-17-7-4-11-20-17)13-14-5-3-6-15(18)12-14/h3-7,11-12,16,19H,2,8-10,13H2,1H3. The third-order valence-corrected chi connectivity index (χ3v) is 4.54. The lowest BCUT2D eigenvalue weighted by molar-refractivity contribution is 0.479. The molecule has 0 bridgehead atoms. The smallest absolute Gasteiger partial charge is 0.0408 e. The Morgan fingerprint density at radius 2 is 2.15 bits per heavy atom. The van der Waals surface area contributed by atoms with Gasteiger partial charge < -0.3 is 5.32 Å². The van der Waals surface area contributed by atoms with Crippen LogP contribution in [0.4, 0.5) is 0 Å². The van der Waals surface area contributed by atoms with Gasteiger partial charge in [-0.2, -0.15) is 0 Å².